The SMILES string of the molecule is COCC1CC(C)(C)CC(C)C(N)(N)O1. The summed E-state index contributed by atoms with van der Waals surface area (Å²) in [6, 6.07) is 0. The molecule has 1 saturated heterocycles. The van der Waals surface area contributed by atoms with Gasteiger partial charge in [-0.1, -0.05) is 20.8 Å². The number of rotatable bonds is 2. The first kappa shape index (κ1) is 12.9. The Hall–Kier alpha value is -0.160. The van der Waals surface area contributed by atoms with E-state index in [2.05, 4.69) is 13.8 Å². The molecule has 15 heavy (non-hydrogen) atoms. The van der Waals surface area contributed by atoms with Gasteiger partial charge in [0.05, 0.1) is 12.7 Å². The first-order valence-electron chi connectivity index (χ1n) is 5.51. The van der Waals surface area contributed by atoms with Gasteiger partial charge in [0.25, 0.3) is 0 Å². The van der Waals surface area contributed by atoms with Crippen LogP contribution in [0.15, 0.2) is 0 Å². The minimum Gasteiger partial charge on any atom is -0.382 e. The van der Waals surface area contributed by atoms with E-state index < -0.39 is 5.85 Å². The summed E-state index contributed by atoms with van der Waals surface area (Å²) in [6.07, 6.45) is 1.90. The van der Waals surface area contributed by atoms with Crippen molar-refractivity contribution in [3.63, 3.8) is 0 Å². The van der Waals surface area contributed by atoms with Gasteiger partial charge in [0.15, 0.2) is 5.85 Å². The molecule has 90 valence electrons. The number of methoxy groups -OCH3 is 1. The molecule has 4 heteroatoms. The standard InChI is InChI=1S/C11H24N2O2/c1-8-5-10(2,3)6-9(7-14-4)15-11(8,12)13/h8-9H,5-7,12-13H2,1-4H3. The van der Waals surface area contributed by atoms with Crippen molar-refractivity contribution in [2.24, 2.45) is 22.8 Å². The van der Waals surface area contributed by atoms with E-state index in [4.69, 9.17) is 20.9 Å². The molecule has 1 aliphatic rings. The molecule has 0 aromatic heterocycles. The third kappa shape index (κ3) is 3.41. The minimum atomic E-state index is -1.03. The molecule has 0 spiro atoms. The number of hydrogen-bond acceptors (Lipinski definition) is 4. The summed E-state index contributed by atoms with van der Waals surface area (Å²) in [5, 5.41) is 0. The van der Waals surface area contributed by atoms with Crippen LogP contribution in [0, 0.1) is 11.3 Å². The van der Waals surface area contributed by atoms with Crippen LogP contribution >= 0.6 is 0 Å². The minimum absolute atomic E-state index is 0.00931. The maximum absolute atomic E-state index is 5.96. The smallest absolute Gasteiger partial charge is 0.172 e. The van der Waals surface area contributed by atoms with Gasteiger partial charge < -0.3 is 9.47 Å². The highest BCUT2D eigenvalue weighted by molar-refractivity contribution is 4.87. The molecule has 0 aromatic carbocycles. The Bertz CT molecular complexity index is 217. The Labute approximate surface area is 92.3 Å². The lowest BCUT2D eigenvalue weighted by molar-refractivity contribution is -0.126. The van der Waals surface area contributed by atoms with E-state index >= 15 is 0 Å². The zero-order chi connectivity index (χ0) is 11.7. The molecule has 0 bridgehead atoms. The van der Waals surface area contributed by atoms with Crippen molar-refractivity contribution in [3.8, 4) is 0 Å². The fourth-order valence-electron chi connectivity index (χ4n) is 2.41. The molecule has 4 nitrogen and oxygen atoms in total. The van der Waals surface area contributed by atoms with Crippen LogP contribution in [0.4, 0.5) is 0 Å². The van der Waals surface area contributed by atoms with Crippen molar-refractivity contribution in [1.29, 1.82) is 0 Å². The Morgan fingerprint density at radius 2 is 1.93 bits per heavy atom. The highest BCUT2D eigenvalue weighted by Gasteiger charge is 2.40. The van der Waals surface area contributed by atoms with Gasteiger partial charge in [0, 0.05) is 13.0 Å². The van der Waals surface area contributed by atoms with E-state index in [1.807, 2.05) is 6.92 Å². The first-order valence-corrected chi connectivity index (χ1v) is 5.51. The average Bonchev–Trinajstić information content (AvgIpc) is 2.06. The highest BCUT2D eigenvalue weighted by atomic mass is 16.6. The van der Waals surface area contributed by atoms with E-state index in [1.165, 1.54) is 0 Å². The number of ether oxygens (including phenoxy) is 2. The monoisotopic (exact) mass is 216 g/mol. The summed E-state index contributed by atoms with van der Waals surface area (Å²) in [7, 11) is 1.67. The lowest BCUT2D eigenvalue weighted by Crippen LogP contribution is -2.58. The number of hydrogen-bond donors (Lipinski definition) is 2. The van der Waals surface area contributed by atoms with E-state index in [9.17, 15) is 0 Å². The Kier molecular flexibility index (Phi) is 3.76. The van der Waals surface area contributed by atoms with Crippen LogP contribution in [-0.4, -0.2) is 25.7 Å². The largest absolute Gasteiger partial charge is 0.382 e. The zero-order valence-electron chi connectivity index (χ0n) is 10.2. The van der Waals surface area contributed by atoms with Gasteiger partial charge >= 0.3 is 0 Å². The molecule has 0 amide bonds. The first-order chi connectivity index (χ1) is 6.77. The third-order valence-electron chi connectivity index (χ3n) is 3.13. The summed E-state index contributed by atoms with van der Waals surface area (Å²) in [5.74, 6) is -0.883. The third-order valence-corrected chi connectivity index (χ3v) is 3.13. The maximum atomic E-state index is 5.96. The van der Waals surface area contributed by atoms with Gasteiger partial charge in [0.2, 0.25) is 0 Å². The Morgan fingerprint density at radius 1 is 1.33 bits per heavy atom. The topological polar surface area (TPSA) is 70.5 Å². The van der Waals surface area contributed by atoms with Gasteiger partial charge in [-0.05, 0) is 18.3 Å². The second-order valence-corrected chi connectivity index (χ2v) is 5.52. The molecule has 4 N–H and O–H groups in total. The molecule has 0 aromatic rings. The second kappa shape index (κ2) is 4.37. The summed E-state index contributed by atoms with van der Waals surface area (Å²) in [5.41, 5.74) is 12.1. The van der Waals surface area contributed by atoms with Crippen molar-refractivity contribution >= 4 is 0 Å². The highest BCUT2D eigenvalue weighted by Crippen LogP contribution is 2.38. The van der Waals surface area contributed by atoms with Gasteiger partial charge in [-0.3, -0.25) is 11.5 Å². The molecule has 2 atom stereocenters. The predicted molar refractivity (Wildman–Crippen MR) is 60.0 cm³/mol. The normalized spacial score (nSPS) is 34.8. The van der Waals surface area contributed by atoms with Gasteiger partial charge in [-0.15, -0.1) is 0 Å². The van der Waals surface area contributed by atoms with Crippen LogP contribution in [0.5, 0.6) is 0 Å². The average molecular weight is 216 g/mol. The van der Waals surface area contributed by atoms with Crippen LogP contribution in [0.2, 0.25) is 0 Å². The lowest BCUT2D eigenvalue weighted by Gasteiger charge is -2.32. The molecule has 1 aliphatic heterocycles. The lowest BCUT2D eigenvalue weighted by atomic mass is 9.79. The van der Waals surface area contributed by atoms with Crippen LogP contribution in [0.3, 0.4) is 0 Å². The van der Waals surface area contributed by atoms with Gasteiger partial charge in [0.1, 0.15) is 0 Å². The quantitative estimate of drug-likeness (QED) is 0.677. The van der Waals surface area contributed by atoms with E-state index in [-0.39, 0.29) is 17.4 Å². The van der Waals surface area contributed by atoms with Crippen molar-refractivity contribution in [3.05, 3.63) is 0 Å². The van der Waals surface area contributed by atoms with Crippen LogP contribution < -0.4 is 11.5 Å². The maximum Gasteiger partial charge on any atom is 0.172 e. The van der Waals surface area contributed by atoms with Gasteiger partial charge in [-0.2, -0.15) is 0 Å². The zero-order valence-corrected chi connectivity index (χ0v) is 10.2. The second-order valence-electron chi connectivity index (χ2n) is 5.52. The Balaban J connectivity index is 2.78. The summed E-state index contributed by atoms with van der Waals surface area (Å²) < 4.78 is 10.8. The van der Waals surface area contributed by atoms with E-state index in [0.29, 0.717) is 6.61 Å². The fraction of sp³-hybridized carbons (Fsp3) is 1.00. The summed E-state index contributed by atoms with van der Waals surface area (Å²) >= 11 is 0. The van der Waals surface area contributed by atoms with Crippen molar-refractivity contribution in [2.45, 2.75) is 45.6 Å². The molecule has 0 aliphatic carbocycles. The van der Waals surface area contributed by atoms with Crippen molar-refractivity contribution in [1.82, 2.24) is 0 Å². The Morgan fingerprint density at radius 3 is 2.47 bits per heavy atom. The van der Waals surface area contributed by atoms with E-state index in [1.54, 1.807) is 7.11 Å². The fourth-order valence-corrected chi connectivity index (χ4v) is 2.41. The van der Waals surface area contributed by atoms with Crippen molar-refractivity contribution in [2.75, 3.05) is 13.7 Å². The molecule has 0 radical (unpaired) electrons. The summed E-state index contributed by atoms with van der Waals surface area (Å²) in [4.78, 5) is 0. The van der Waals surface area contributed by atoms with Crippen molar-refractivity contribution < 1.29 is 9.47 Å². The number of nitrogens with two attached hydrogens (primary N) is 2. The molecule has 2 unspecified atom stereocenters. The van der Waals surface area contributed by atoms with Crippen LogP contribution in [0.25, 0.3) is 0 Å². The molecule has 1 heterocycles. The van der Waals surface area contributed by atoms with Gasteiger partial charge in [-0.25, -0.2) is 0 Å². The molecular weight excluding hydrogens is 192 g/mol. The van der Waals surface area contributed by atoms with Crippen LogP contribution in [0.1, 0.15) is 33.6 Å². The molecular formula is C11H24N2O2. The molecule has 1 rings (SSSR count). The summed E-state index contributed by atoms with van der Waals surface area (Å²) in [6.45, 7) is 7.02. The molecule has 0 saturated carbocycles. The van der Waals surface area contributed by atoms with E-state index in [0.717, 1.165) is 12.8 Å². The predicted octanol–water partition coefficient (Wildman–Crippen LogP) is 1.05. The molecule has 1 fully saturated rings. The van der Waals surface area contributed by atoms with Crippen LogP contribution in [-0.2, 0) is 9.47 Å².